The number of fused-ring (bicyclic) bond motifs is 2. The molecule has 4 aromatic carbocycles. The lowest BCUT2D eigenvalue weighted by Gasteiger charge is -2.12. The Bertz CT molecular complexity index is 2270. The second-order valence-corrected chi connectivity index (χ2v) is 13.5. The number of nitrogens with two attached hydrogens (primary N) is 1. The summed E-state index contributed by atoms with van der Waals surface area (Å²) in [4.78, 5) is 17.3. The van der Waals surface area contributed by atoms with Gasteiger partial charge in [-0.1, -0.05) is 35.9 Å². The van der Waals surface area contributed by atoms with Crippen LogP contribution in [-0.4, -0.2) is 38.2 Å². The van der Waals surface area contributed by atoms with Crippen molar-refractivity contribution in [3.8, 4) is 17.2 Å². The van der Waals surface area contributed by atoms with Crippen LogP contribution in [-0.2, 0) is 20.0 Å². The zero-order valence-corrected chi connectivity index (χ0v) is 25.0. The topological polar surface area (TPSA) is 148 Å². The van der Waals surface area contributed by atoms with Crippen LogP contribution in [0.5, 0.6) is 17.2 Å². The first-order valence-electron chi connectivity index (χ1n) is 13.0. The summed E-state index contributed by atoms with van der Waals surface area (Å²) in [6.45, 7) is -0.611. The third-order valence-corrected chi connectivity index (χ3v) is 9.60. The summed E-state index contributed by atoms with van der Waals surface area (Å²) >= 11 is 6.05. The van der Waals surface area contributed by atoms with Crippen LogP contribution in [0.4, 0.5) is 0 Å². The monoisotopic (exact) mass is 647 g/mol. The fraction of sp³-hybridized carbons (Fsp3) is 0.0323. The molecule has 0 aliphatic heterocycles. The van der Waals surface area contributed by atoms with Crippen LogP contribution in [0.1, 0.15) is 10.4 Å². The Hall–Kier alpha value is -4.75. The SMILES string of the molecule is NS(=O)(=O)c1cc2cc(Cl)ccc2cc1OCC(=O)c1cn(S(=O)(=O)c2ccccc2)c2cc(Oc3cccnc3)ccc12. The third kappa shape index (κ3) is 5.75. The number of ether oxygens (including phenoxy) is 2. The van der Waals surface area contributed by atoms with Crippen molar-refractivity contribution in [2.24, 2.45) is 5.14 Å². The average molecular weight is 648 g/mol. The number of Topliss-reactive ketones (excluding diaryl/α,β-unsaturated/α-hetero) is 1. The van der Waals surface area contributed by atoms with Crippen LogP contribution in [0.3, 0.4) is 0 Å². The minimum Gasteiger partial charge on any atom is -0.484 e. The van der Waals surface area contributed by atoms with E-state index in [1.165, 1.54) is 42.7 Å². The Kier molecular flexibility index (Phi) is 7.59. The maximum Gasteiger partial charge on any atom is 0.268 e. The highest BCUT2D eigenvalue weighted by molar-refractivity contribution is 7.90. The smallest absolute Gasteiger partial charge is 0.268 e. The molecule has 0 radical (unpaired) electrons. The number of halogens is 1. The number of hydrogen-bond donors (Lipinski definition) is 1. The zero-order chi connectivity index (χ0) is 31.1. The minimum atomic E-state index is -4.24. The van der Waals surface area contributed by atoms with Crippen LogP contribution in [0, 0.1) is 0 Å². The van der Waals surface area contributed by atoms with E-state index in [4.69, 9.17) is 26.2 Å². The predicted molar refractivity (Wildman–Crippen MR) is 165 cm³/mol. The molecule has 2 heterocycles. The summed E-state index contributed by atoms with van der Waals surface area (Å²) in [7, 11) is -8.38. The zero-order valence-electron chi connectivity index (χ0n) is 22.6. The molecule has 0 amide bonds. The van der Waals surface area contributed by atoms with Crippen LogP contribution < -0.4 is 14.6 Å². The molecule has 0 fully saturated rings. The quantitative estimate of drug-likeness (QED) is 0.194. The molecule has 222 valence electrons. The maximum absolute atomic E-state index is 13.7. The molecular formula is C31H22ClN3O7S2. The first kappa shape index (κ1) is 29.3. The standard InChI is InChI=1S/C31H22ClN3O7S2/c32-22-9-8-20-14-30(31(43(33,37)38)15-21(20)13-22)41-19-29(36)27-18-35(44(39,40)25-6-2-1-3-7-25)28-16-23(10-11-26(27)28)42-24-5-4-12-34-17-24/h1-18H,19H2,(H2,33,37,38). The molecule has 0 aliphatic carbocycles. The van der Waals surface area contributed by atoms with Gasteiger partial charge in [-0.3, -0.25) is 9.78 Å². The predicted octanol–water partition coefficient (Wildman–Crippen LogP) is 5.78. The Morgan fingerprint density at radius 2 is 1.66 bits per heavy atom. The van der Waals surface area contributed by atoms with Crippen molar-refractivity contribution in [2.75, 3.05) is 6.61 Å². The molecule has 6 aromatic rings. The van der Waals surface area contributed by atoms with Crippen molar-refractivity contribution in [2.45, 2.75) is 9.79 Å². The molecule has 6 rings (SSSR count). The van der Waals surface area contributed by atoms with Gasteiger partial charge in [0, 0.05) is 34.4 Å². The number of aromatic nitrogens is 2. The first-order chi connectivity index (χ1) is 21.0. The number of rotatable bonds is 9. The molecule has 0 spiro atoms. The van der Waals surface area contributed by atoms with Crippen molar-refractivity contribution in [3.63, 3.8) is 0 Å². The number of hydrogen-bond acceptors (Lipinski definition) is 8. The molecule has 0 bridgehead atoms. The number of nitrogens with zero attached hydrogens (tertiary/aromatic N) is 2. The van der Waals surface area contributed by atoms with E-state index in [1.807, 2.05) is 0 Å². The Labute approximate surface area is 257 Å². The molecule has 0 aliphatic rings. The van der Waals surface area contributed by atoms with E-state index in [0.717, 1.165) is 3.97 Å². The molecule has 0 unspecified atom stereocenters. The summed E-state index contributed by atoms with van der Waals surface area (Å²) in [5.74, 6) is 0.0132. The van der Waals surface area contributed by atoms with E-state index in [2.05, 4.69) is 4.98 Å². The van der Waals surface area contributed by atoms with Gasteiger partial charge in [-0.2, -0.15) is 0 Å². The van der Waals surface area contributed by atoms with E-state index in [0.29, 0.717) is 32.7 Å². The van der Waals surface area contributed by atoms with E-state index >= 15 is 0 Å². The van der Waals surface area contributed by atoms with E-state index in [9.17, 15) is 21.6 Å². The fourth-order valence-corrected chi connectivity index (χ4v) is 6.95. The van der Waals surface area contributed by atoms with E-state index in [-0.39, 0.29) is 26.6 Å². The van der Waals surface area contributed by atoms with Gasteiger partial charge >= 0.3 is 0 Å². The minimum absolute atomic E-state index is 0.0137. The number of primary sulfonamides is 1. The largest absolute Gasteiger partial charge is 0.484 e. The number of carbonyl (C=O) groups is 1. The van der Waals surface area contributed by atoms with Gasteiger partial charge in [0.25, 0.3) is 10.0 Å². The summed E-state index contributed by atoms with van der Waals surface area (Å²) < 4.78 is 64.8. The van der Waals surface area contributed by atoms with E-state index < -0.39 is 32.4 Å². The number of pyridine rings is 1. The van der Waals surface area contributed by atoms with Crippen LogP contribution in [0.15, 0.2) is 119 Å². The summed E-state index contributed by atoms with van der Waals surface area (Å²) in [6.07, 6.45) is 4.32. The Morgan fingerprint density at radius 1 is 0.864 bits per heavy atom. The van der Waals surface area contributed by atoms with Gasteiger partial charge in [0.1, 0.15) is 22.1 Å². The number of sulfonamides is 1. The van der Waals surface area contributed by atoms with Gasteiger partial charge < -0.3 is 9.47 Å². The van der Waals surface area contributed by atoms with Crippen LogP contribution in [0.25, 0.3) is 21.7 Å². The highest BCUT2D eigenvalue weighted by Gasteiger charge is 2.25. The van der Waals surface area contributed by atoms with Crippen molar-refractivity contribution < 1.29 is 31.1 Å². The molecule has 10 nitrogen and oxygen atoms in total. The summed E-state index contributed by atoms with van der Waals surface area (Å²) in [5.41, 5.74) is 0.226. The average Bonchev–Trinajstić information content (AvgIpc) is 3.40. The van der Waals surface area contributed by atoms with Crippen LogP contribution in [0.2, 0.25) is 5.02 Å². The van der Waals surface area contributed by atoms with Gasteiger partial charge in [-0.15, -0.1) is 0 Å². The number of ketones is 1. The van der Waals surface area contributed by atoms with Gasteiger partial charge in [-0.05, 0) is 71.4 Å². The highest BCUT2D eigenvalue weighted by Crippen LogP contribution is 2.33. The van der Waals surface area contributed by atoms with Crippen LogP contribution >= 0.6 is 11.6 Å². The molecule has 13 heteroatoms. The lowest BCUT2D eigenvalue weighted by Crippen LogP contribution is -2.17. The normalized spacial score (nSPS) is 12.0. The van der Waals surface area contributed by atoms with Crippen molar-refractivity contribution in [1.29, 1.82) is 0 Å². The maximum atomic E-state index is 13.7. The van der Waals surface area contributed by atoms with Crippen molar-refractivity contribution >= 4 is 59.1 Å². The molecule has 2 N–H and O–H groups in total. The molecular weight excluding hydrogens is 626 g/mol. The second-order valence-electron chi connectivity index (χ2n) is 9.67. The van der Waals surface area contributed by atoms with Gasteiger partial charge in [0.15, 0.2) is 6.61 Å². The number of carbonyl (C=O) groups excluding carboxylic acids is 1. The van der Waals surface area contributed by atoms with Gasteiger partial charge in [0.05, 0.1) is 16.6 Å². The van der Waals surface area contributed by atoms with Crippen molar-refractivity contribution in [1.82, 2.24) is 8.96 Å². The summed E-state index contributed by atoms with van der Waals surface area (Å²) in [6, 6.07) is 23.5. The Balaban J connectivity index is 1.41. The molecule has 44 heavy (non-hydrogen) atoms. The van der Waals surface area contributed by atoms with Gasteiger partial charge in [0.2, 0.25) is 15.8 Å². The lowest BCUT2D eigenvalue weighted by atomic mass is 10.1. The molecule has 0 saturated heterocycles. The lowest BCUT2D eigenvalue weighted by molar-refractivity contribution is 0.0921. The highest BCUT2D eigenvalue weighted by atomic mass is 35.5. The molecule has 2 aromatic heterocycles. The van der Waals surface area contributed by atoms with Crippen molar-refractivity contribution in [3.05, 3.63) is 120 Å². The van der Waals surface area contributed by atoms with E-state index in [1.54, 1.807) is 66.9 Å². The third-order valence-electron chi connectivity index (χ3n) is 6.74. The first-order valence-corrected chi connectivity index (χ1v) is 16.3. The van der Waals surface area contributed by atoms with Gasteiger partial charge in [-0.25, -0.2) is 25.9 Å². The second kappa shape index (κ2) is 11.4. The molecule has 0 atom stereocenters. The molecule has 0 saturated carbocycles. The summed E-state index contributed by atoms with van der Waals surface area (Å²) in [5, 5.41) is 7.28. The number of benzene rings is 4. The Morgan fingerprint density at radius 3 is 2.39 bits per heavy atom. The fourth-order valence-electron chi connectivity index (χ4n) is 4.69.